The van der Waals surface area contributed by atoms with Crippen molar-refractivity contribution in [1.29, 1.82) is 0 Å². The Balaban J connectivity index is 1.82. The summed E-state index contributed by atoms with van der Waals surface area (Å²) in [7, 11) is 1.87. The monoisotopic (exact) mass is 312 g/mol. The number of nitrogens with zero attached hydrogens (tertiary/aromatic N) is 1. The van der Waals surface area contributed by atoms with Crippen molar-refractivity contribution in [3.8, 4) is 0 Å². The highest BCUT2D eigenvalue weighted by Crippen LogP contribution is 2.10. The van der Waals surface area contributed by atoms with Gasteiger partial charge in [0.05, 0.1) is 18.7 Å². The molecule has 0 heterocycles. The van der Waals surface area contributed by atoms with E-state index in [4.69, 9.17) is 0 Å². The van der Waals surface area contributed by atoms with Gasteiger partial charge in [0.25, 0.3) is 0 Å². The van der Waals surface area contributed by atoms with Crippen molar-refractivity contribution in [3.05, 3.63) is 66.2 Å². The van der Waals surface area contributed by atoms with Gasteiger partial charge in [-0.25, -0.2) is 0 Å². The van der Waals surface area contributed by atoms with Gasteiger partial charge in [0, 0.05) is 19.2 Å². The van der Waals surface area contributed by atoms with Crippen molar-refractivity contribution in [2.24, 2.45) is 0 Å². The predicted molar refractivity (Wildman–Crippen MR) is 93.5 cm³/mol. The lowest BCUT2D eigenvalue weighted by Gasteiger charge is -2.23. The highest BCUT2D eigenvalue weighted by atomic mass is 16.3. The van der Waals surface area contributed by atoms with Crippen molar-refractivity contribution in [1.82, 2.24) is 5.32 Å². The van der Waals surface area contributed by atoms with Crippen LogP contribution in [0.3, 0.4) is 0 Å². The fourth-order valence-corrected chi connectivity index (χ4v) is 2.42. The molecule has 0 aliphatic rings. The highest BCUT2D eigenvalue weighted by molar-refractivity contribution is 5.81. The van der Waals surface area contributed by atoms with Crippen LogP contribution in [-0.4, -0.2) is 36.8 Å². The third-order valence-electron chi connectivity index (χ3n) is 3.83. The summed E-state index contributed by atoms with van der Waals surface area (Å²) in [5.74, 6) is -0.101. The van der Waals surface area contributed by atoms with Crippen LogP contribution in [0.15, 0.2) is 60.7 Å². The summed E-state index contributed by atoms with van der Waals surface area (Å²) < 4.78 is 0. The summed E-state index contributed by atoms with van der Waals surface area (Å²) in [5, 5.41) is 13.1. The van der Waals surface area contributed by atoms with E-state index in [1.54, 1.807) is 0 Å². The van der Waals surface area contributed by atoms with Gasteiger partial charge in [-0.3, -0.25) is 4.79 Å². The number of likely N-dealkylation sites (N-methyl/N-ethyl adjacent to an activating group) is 1. The van der Waals surface area contributed by atoms with E-state index < -0.39 is 6.10 Å². The number of benzene rings is 2. The highest BCUT2D eigenvalue weighted by Gasteiger charge is 2.17. The zero-order valence-electron chi connectivity index (χ0n) is 13.6. The molecule has 2 aromatic rings. The summed E-state index contributed by atoms with van der Waals surface area (Å²) in [6.45, 7) is 2.08. The minimum absolute atomic E-state index is 0.101. The van der Waals surface area contributed by atoms with E-state index in [-0.39, 0.29) is 18.5 Å². The minimum Gasteiger partial charge on any atom is -0.391 e. The molecule has 1 amide bonds. The summed E-state index contributed by atoms with van der Waals surface area (Å²) in [5.41, 5.74) is 2.04. The lowest BCUT2D eigenvalue weighted by molar-refractivity contribution is -0.121. The Morgan fingerprint density at radius 1 is 1.09 bits per heavy atom. The molecule has 0 aromatic heterocycles. The molecule has 0 bridgehead atoms. The third kappa shape index (κ3) is 5.42. The number of aliphatic hydroxyl groups is 1. The Hall–Kier alpha value is -2.33. The largest absolute Gasteiger partial charge is 0.391 e. The van der Waals surface area contributed by atoms with Crippen LogP contribution in [0.25, 0.3) is 0 Å². The average molecular weight is 312 g/mol. The number of hydrogen-bond donors (Lipinski definition) is 2. The molecule has 2 aromatic carbocycles. The van der Waals surface area contributed by atoms with E-state index in [1.807, 2.05) is 79.5 Å². The van der Waals surface area contributed by atoms with Crippen LogP contribution in [0, 0.1) is 0 Å². The normalized spacial score (nSPS) is 13.2. The molecule has 23 heavy (non-hydrogen) atoms. The number of carbonyl (C=O) groups is 1. The molecule has 4 heteroatoms. The van der Waals surface area contributed by atoms with Crippen molar-refractivity contribution < 1.29 is 9.90 Å². The number of hydrogen-bond acceptors (Lipinski definition) is 3. The Labute approximate surface area is 137 Å². The molecule has 0 aliphatic carbocycles. The molecule has 122 valence electrons. The third-order valence-corrected chi connectivity index (χ3v) is 3.83. The van der Waals surface area contributed by atoms with Crippen LogP contribution in [-0.2, 0) is 11.2 Å². The lowest BCUT2D eigenvalue weighted by Crippen LogP contribution is -2.45. The zero-order valence-corrected chi connectivity index (χ0v) is 13.6. The first-order valence-corrected chi connectivity index (χ1v) is 7.84. The predicted octanol–water partition coefficient (Wildman–Crippen LogP) is 2.23. The Morgan fingerprint density at radius 2 is 1.65 bits per heavy atom. The number of aliphatic hydroxyl groups excluding tert-OH is 1. The molecule has 2 atom stereocenters. The van der Waals surface area contributed by atoms with Gasteiger partial charge in [0.15, 0.2) is 0 Å². The van der Waals surface area contributed by atoms with E-state index in [0.29, 0.717) is 6.42 Å². The summed E-state index contributed by atoms with van der Waals surface area (Å²) in [6.07, 6.45) is -0.0834. The SMILES string of the molecule is CC(NC(=O)CN(C)c1ccccc1)C(O)Cc1ccccc1. The molecule has 0 spiro atoms. The number of para-hydroxylation sites is 1. The number of anilines is 1. The fraction of sp³-hybridized carbons (Fsp3) is 0.316. The van der Waals surface area contributed by atoms with Crippen LogP contribution in [0.1, 0.15) is 12.5 Å². The molecule has 2 N–H and O–H groups in total. The first-order chi connectivity index (χ1) is 11.1. The molecule has 2 rings (SSSR count). The van der Waals surface area contributed by atoms with Crippen LogP contribution in [0.2, 0.25) is 0 Å². The van der Waals surface area contributed by atoms with Crippen molar-refractivity contribution >= 4 is 11.6 Å². The fourth-order valence-electron chi connectivity index (χ4n) is 2.42. The summed E-state index contributed by atoms with van der Waals surface area (Å²) in [4.78, 5) is 14.0. The molecule has 0 fully saturated rings. The standard InChI is InChI=1S/C19H24N2O2/c1-15(18(22)13-16-9-5-3-6-10-16)20-19(23)14-21(2)17-11-7-4-8-12-17/h3-12,15,18,22H,13-14H2,1-2H3,(H,20,23). The maximum atomic E-state index is 12.1. The van der Waals surface area contributed by atoms with E-state index in [1.165, 1.54) is 0 Å². The number of carbonyl (C=O) groups excluding carboxylic acids is 1. The lowest BCUT2D eigenvalue weighted by atomic mass is 10.0. The summed E-state index contributed by atoms with van der Waals surface area (Å²) >= 11 is 0. The second-order valence-corrected chi connectivity index (χ2v) is 5.80. The Morgan fingerprint density at radius 3 is 2.26 bits per heavy atom. The smallest absolute Gasteiger partial charge is 0.239 e. The van der Waals surface area contributed by atoms with E-state index >= 15 is 0 Å². The van der Waals surface area contributed by atoms with E-state index in [2.05, 4.69) is 5.32 Å². The van der Waals surface area contributed by atoms with Crippen molar-refractivity contribution in [3.63, 3.8) is 0 Å². The van der Waals surface area contributed by atoms with Gasteiger partial charge in [-0.15, -0.1) is 0 Å². The molecule has 0 radical (unpaired) electrons. The molecular formula is C19H24N2O2. The van der Waals surface area contributed by atoms with Gasteiger partial charge in [0.2, 0.25) is 5.91 Å². The number of nitrogens with one attached hydrogen (secondary N) is 1. The minimum atomic E-state index is -0.608. The maximum Gasteiger partial charge on any atom is 0.239 e. The Bertz CT molecular complexity index is 601. The molecule has 0 saturated heterocycles. The molecule has 4 nitrogen and oxygen atoms in total. The second kappa shape index (κ2) is 8.34. The van der Waals surface area contributed by atoms with E-state index in [0.717, 1.165) is 11.3 Å². The van der Waals surface area contributed by atoms with Crippen molar-refractivity contribution in [2.45, 2.75) is 25.5 Å². The van der Waals surface area contributed by atoms with E-state index in [9.17, 15) is 9.90 Å². The number of amides is 1. The molecular weight excluding hydrogens is 288 g/mol. The zero-order chi connectivity index (χ0) is 16.7. The van der Waals surface area contributed by atoms with Crippen LogP contribution in [0.4, 0.5) is 5.69 Å². The van der Waals surface area contributed by atoms with Crippen LogP contribution < -0.4 is 10.2 Å². The number of rotatable bonds is 7. The molecule has 0 saturated carbocycles. The topological polar surface area (TPSA) is 52.6 Å². The van der Waals surface area contributed by atoms with Gasteiger partial charge in [-0.2, -0.15) is 0 Å². The Kier molecular flexibility index (Phi) is 6.18. The molecule has 0 aliphatic heterocycles. The van der Waals surface area contributed by atoms with Gasteiger partial charge in [0.1, 0.15) is 0 Å². The molecule has 2 unspecified atom stereocenters. The van der Waals surface area contributed by atoms with Gasteiger partial charge < -0.3 is 15.3 Å². The van der Waals surface area contributed by atoms with Gasteiger partial charge in [-0.1, -0.05) is 48.5 Å². The van der Waals surface area contributed by atoms with Gasteiger partial charge >= 0.3 is 0 Å². The average Bonchev–Trinajstić information content (AvgIpc) is 2.56. The van der Waals surface area contributed by atoms with Crippen LogP contribution >= 0.6 is 0 Å². The second-order valence-electron chi connectivity index (χ2n) is 5.80. The van der Waals surface area contributed by atoms with Crippen molar-refractivity contribution in [2.75, 3.05) is 18.5 Å². The summed E-state index contributed by atoms with van der Waals surface area (Å²) in [6, 6.07) is 19.2. The quantitative estimate of drug-likeness (QED) is 0.824. The van der Waals surface area contributed by atoms with Gasteiger partial charge in [-0.05, 0) is 24.6 Å². The maximum absolute atomic E-state index is 12.1. The first kappa shape index (κ1) is 17.0. The first-order valence-electron chi connectivity index (χ1n) is 7.84. The van der Waals surface area contributed by atoms with Crippen LogP contribution in [0.5, 0.6) is 0 Å².